The van der Waals surface area contributed by atoms with Crippen LogP contribution in [0.1, 0.15) is 24.1 Å². The highest BCUT2D eigenvalue weighted by molar-refractivity contribution is 7.23. The quantitative estimate of drug-likeness (QED) is 0.283. The van der Waals surface area contributed by atoms with Crippen molar-refractivity contribution in [2.45, 2.75) is 13.0 Å². The number of methoxy groups -OCH3 is 1. The minimum Gasteiger partial charge on any atom is -0.489 e. The third-order valence-electron chi connectivity index (χ3n) is 6.89. The Morgan fingerprint density at radius 2 is 2.05 bits per heavy atom. The summed E-state index contributed by atoms with van der Waals surface area (Å²) in [5, 5.41) is 11.0. The molecule has 12 heteroatoms. The summed E-state index contributed by atoms with van der Waals surface area (Å²) >= 11 is 8.19. The van der Waals surface area contributed by atoms with Crippen molar-refractivity contribution in [1.82, 2.24) is 15.0 Å². The summed E-state index contributed by atoms with van der Waals surface area (Å²) in [7, 11) is 1.41. The normalized spacial score (nSPS) is 13.7. The summed E-state index contributed by atoms with van der Waals surface area (Å²) in [5.74, 6) is 0.320. The maximum Gasteiger partial charge on any atom is 0.318 e. The van der Waals surface area contributed by atoms with Crippen LogP contribution in [0.15, 0.2) is 36.5 Å². The molecule has 0 bridgehead atoms. The Morgan fingerprint density at radius 1 is 1.23 bits per heavy atom. The van der Waals surface area contributed by atoms with Crippen LogP contribution in [0.5, 0.6) is 11.8 Å². The van der Waals surface area contributed by atoms with Gasteiger partial charge in [-0.05, 0) is 24.6 Å². The standard InChI is InChI=1S/C27H21ClFN7O2S/c1-12(13-6-4-8-33-24(13)31)36-9-10-38-23-19-22(34-27(37-2)35-26(19)36)21(29)18(20(23)28)14-5-3-7-16-17(14)15(11-30)25(32)39-16/h3-8,12H,9-10,32H2,1-2H3,(H2,31,33). The first kappa shape index (κ1) is 24.9. The van der Waals surface area contributed by atoms with Crippen molar-refractivity contribution in [3.63, 3.8) is 0 Å². The molecule has 1 aliphatic rings. The Kier molecular flexibility index (Phi) is 6.01. The van der Waals surface area contributed by atoms with E-state index in [-0.39, 0.29) is 46.1 Å². The number of anilines is 3. The van der Waals surface area contributed by atoms with E-state index in [1.807, 2.05) is 24.0 Å². The van der Waals surface area contributed by atoms with Gasteiger partial charge >= 0.3 is 6.01 Å². The summed E-state index contributed by atoms with van der Waals surface area (Å²) < 4.78 is 28.9. The van der Waals surface area contributed by atoms with E-state index in [9.17, 15) is 5.26 Å². The molecule has 4 N–H and O–H groups in total. The van der Waals surface area contributed by atoms with E-state index in [4.69, 9.17) is 32.5 Å². The number of ether oxygens (including phenoxy) is 2. The summed E-state index contributed by atoms with van der Waals surface area (Å²) in [6, 6.07) is 10.8. The monoisotopic (exact) mass is 561 g/mol. The molecule has 0 amide bonds. The number of nitrogen functional groups attached to an aromatic ring is 2. The summed E-state index contributed by atoms with van der Waals surface area (Å²) in [4.78, 5) is 15.1. The van der Waals surface area contributed by atoms with Gasteiger partial charge in [0.25, 0.3) is 0 Å². The molecule has 2 aromatic carbocycles. The number of hydrogen-bond acceptors (Lipinski definition) is 10. The molecule has 9 nitrogen and oxygen atoms in total. The van der Waals surface area contributed by atoms with Gasteiger partial charge in [0.05, 0.1) is 35.7 Å². The van der Waals surface area contributed by atoms with E-state index in [1.165, 1.54) is 18.4 Å². The second kappa shape index (κ2) is 9.41. The fourth-order valence-electron chi connectivity index (χ4n) is 5.07. The Labute approximate surface area is 231 Å². The van der Waals surface area contributed by atoms with Gasteiger partial charge < -0.3 is 25.8 Å². The highest BCUT2D eigenvalue weighted by atomic mass is 35.5. The molecule has 0 saturated carbocycles. The van der Waals surface area contributed by atoms with Gasteiger partial charge in [-0.15, -0.1) is 11.3 Å². The maximum atomic E-state index is 16.6. The van der Waals surface area contributed by atoms with Gasteiger partial charge in [0.15, 0.2) is 11.6 Å². The maximum absolute atomic E-state index is 16.6. The molecule has 0 aliphatic carbocycles. The zero-order chi connectivity index (χ0) is 27.4. The Morgan fingerprint density at radius 3 is 2.79 bits per heavy atom. The molecular weight excluding hydrogens is 541 g/mol. The predicted molar refractivity (Wildman–Crippen MR) is 151 cm³/mol. The van der Waals surface area contributed by atoms with Crippen LogP contribution in [0.2, 0.25) is 5.02 Å². The Balaban J connectivity index is 1.67. The zero-order valence-electron chi connectivity index (χ0n) is 20.8. The zero-order valence-corrected chi connectivity index (χ0v) is 22.4. The summed E-state index contributed by atoms with van der Waals surface area (Å²) in [6.45, 7) is 2.57. The lowest BCUT2D eigenvalue weighted by Crippen LogP contribution is -2.31. The highest BCUT2D eigenvalue weighted by Gasteiger charge is 2.33. The van der Waals surface area contributed by atoms with Gasteiger partial charge in [0.2, 0.25) is 0 Å². The van der Waals surface area contributed by atoms with Crippen LogP contribution >= 0.6 is 22.9 Å². The van der Waals surface area contributed by atoms with Gasteiger partial charge in [0.1, 0.15) is 34.8 Å². The molecule has 0 spiro atoms. The van der Waals surface area contributed by atoms with Crippen molar-refractivity contribution in [2.24, 2.45) is 0 Å². The third kappa shape index (κ3) is 3.75. The van der Waals surface area contributed by atoms with Crippen LogP contribution in [-0.4, -0.2) is 35.2 Å². The number of fused-ring (bicyclic) bond motifs is 1. The second-order valence-electron chi connectivity index (χ2n) is 8.92. The lowest BCUT2D eigenvalue weighted by Gasteiger charge is -2.30. The van der Waals surface area contributed by atoms with E-state index in [1.54, 1.807) is 24.4 Å². The molecule has 1 atom stereocenters. The minimum absolute atomic E-state index is 0.0235. The minimum atomic E-state index is -0.694. The molecular formula is C27H21ClFN7O2S. The average Bonchev–Trinajstić information content (AvgIpc) is 3.14. The number of benzene rings is 2. The summed E-state index contributed by atoms with van der Waals surface area (Å²) in [6.07, 6.45) is 1.62. The van der Waals surface area contributed by atoms with Crippen LogP contribution in [0.4, 0.5) is 21.0 Å². The largest absolute Gasteiger partial charge is 0.489 e. The number of pyridine rings is 1. The lowest BCUT2D eigenvalue weighted by molar-refractivity contribution is 0.328. The van der Waals surface area contributed by atoms with Crippen LogP contribution in [0, 0.1) is 17.1 Å². The number of hydrogen-bond donors (Lipinski definition) is 2. The predicted octanol–water partition coefficient (Wildman–Crippen LogP) is 5.70. The molecule has 0 fully saturated rings. The van der Waals surface area contributed by atoms with E-state index >= 15 is 4.39 Å². The molecule has 0 radical (unpaired) electrons. The molecule has 0 saturated heterocycles. The molecule has 196 valence electrons. The van der Waals surface area contributed by atoms with Gasteiger partial charge in [-0.25, -0.2) is 9.37 Å². The van der Waals surface area contributed by atoms with Crippen molar-refractivity contribution in [2.75, 3.05) is 36.6 Å². The second-order valence-corrected chi connectivity index (χ2v) is 10.4. The molecule has 1 unspecified atom stereocenters. The smallest absolute Gasteiger partial charge is 0.318 e. The van der Waals surface area contributed by atoms with Gasteiger partial charge in [-0.2, -0.15) is 15.2 Å². The fourth-order valence-corrected chi connectivity index (χ4v) is 6.35. The van der Waals surface area contributed by atoms with Gasteiger partial charge in [-0.1, -0.05) is 29.8 Å². The molecule has 3 aromatic heterocycles. The number of nitrogens with zero attached hydrogens (tertiary/aromatic N) is 5. The number of nitrogens with two attached hydrogens (primary N) is 2. The van der Waals surface area contributed by atoms with E-state index in [0.717, 1.165) is 10.3 Å². The third-order valence-corrected chi connectivity index (χ3v) is 8.23. The van der Waals surface area contributed by atoms with Crippen LogP contribution in [0.3, 0.4) is 0 Å². The van der Waals surface area contributed by atoms with Gasteiger partial charge in [0, 0.05) is 27.4 Å². The first-order valence-electron chi connectivity index (χ1n) is 11.9. The number of aromatic nitrogens is 3. The topological polar surface area (TPSA) is 136 Å². The van der Waals surface area contributed by atoms with E-state index < -0.39 is 5.82 Å². The number of thiophene rings is 1. The van der Waals surface area contributed by atoms with Crippen molar-refractivity contribution in [1.29, 1.82) is 5.26 Å². The molecule has 4 heterocycles. The molecule has 39 heavy (non-hydrogen) atoms. The highest BCUT2D eigenvalue weighted by Crippen LogP contribution is 2.51. The number of nitriles is 1. The number of halogens is 2. The van der Waals surface area contributed by atoms with E-state index in [2.05, 4.69) is 21.0 Å². The Hall–Kier alpha value is -4.40. The molecule has 5 aromatic rings. The van der Waals surface area contributed by atoms with Crippen molar-refractivity contribution >= 4 is 60.6 Å². The van der Waals surface area contributed by atoms with Crippen LogP contribution in [0.25, 0.3) is 32.1 Å². The average molecular weight is 562 g/mol. The van der Waals surface area contributed by atoms with Crippen molar-refractivity contribution in [3.8, 4) is 29.0 Å². The van der Waals surface area contributed by atoms with Crippen molar-refractivity contribution < 1.29 is 13.9 Å². The number of rotatable bonds is 4. The summed E-state index contributed by atoms with van der Waals surface area (Å²) in [5.41, 5.74) is 13.8. The van der Waals surface area contributed by atoms with Crippen LogP contribution in [-0.2, 0) is 0 Å². The van der Waals surface area contributed by atoms with Crippen molar-refractivity contribution in [3.05, 3.63) is 58.5 Å². The lowest BCUT2D eigenvalue weighted by atomic mass is 9.96. The van der Waals surface area contributed by atoms with E-state index in [0.29, 0.717) is 39.5 Å². The first-order valence-corrected chi connectivity index (χ1v) is 13.1. The van der Waals surface area contributed by atoms with Crippen LogP contribution < -0.4 is 25.8 Å². The Bertz CT molecular complexity index is 1840. The molecule has 6 rings (SSSR count). The SMILES string of the molecule is COc1nc2c3c(c(Cl)c(-c4cccc5sc(N)c(C#N)c45)c(F)c3n1)OCCN2C(C)c1cccnc1N. The first-order chi connectivity index (χ1) is 18.8. The van der Waals surface area contributed by atoms with Gasteiger partial charge in [-0.3, -0.25) is 0 Å². The fraction of sp³-hybridized carbons (Fsp3) is 0.185. The molecule has 1 aliphatic heterocycles.